The van der Waals surface area contributed by atoms with Crippen LogP contribution in [0.25, 0.3) is 0 Å². The van der Waals surface area contributed by atoms with Crippen molar-refractivity contribution >= 4 is 30.4 Å². The molecular weight excluding hydrogens is 357 g/mol. The average Bonchev–Trinajstić information content (AvgIpc) is 1.72. The summed E-state index contributed by atoms with van der Waals surface area (Å²) >= 11 is 0. The van der Waals surface area contributed by atoms with Gasteiger partial charge in [0.2, 0.25) is 0 Å². The third-order valence-electron chi connectivity index (χ3n) is 1.57. The van der Waals surface area contributed by atoms with E-state index >= 15 is 0 Å². The van der Waals surface area contributed by atoms with E-state index in [-0.39, 0.29) is 88.7 Å². The molecule has 0 unspecified atom stereocenters. The van der Waals surface area contributed by atoms with Gasteiger partial charge in [-0.25, -0.2) is 25.3 Å². The summed E-state index contributed by atoms with van der Waals surface area (Å²) in [6.07, 6.45) is 0. The molecule has 19 heavy (non-hydrogen) atoms. The van der Waals surface area contributed by atoms with E-state index in [0.717, 1.165) is 0 Å². The molecule has 0 rings (SSSR count). The van der Waals surface area contributed by atoms with Gasteiger partial charge in [-0.05, 0) is 6.92 Å². The summed E-state index contributed by atoms with van der Waals surface area (Å²) < 4.78 is 90.9. The molecular formula is C4H7Na3O9S3. The molecule has 0 atom stereocenters. The van der Waals surface area contributed by atoms with Crippen LogP contribution in [0.15, 0.2) is 0 Å². The van der Waals surface area contributed by atoms with E-state index in [1.807, 2.05) is 0 Å². The fourth-order valence-corrected chi connectivity index (χ4v) is 4.78. The Kier molecular flexibility index (Phi) is 15.3. The number of hydrogen-bond acceptors (Lipinski definition) is 9. The van der Waals surface area contributed by atoms with Gasteiger partial charge < -0.3 is 13.7 Å². The first-order valence-corrected chi connectivity index (χ1v) is 8.05. The van der Waals surface area contributed by atoms with Crippen LogP contribution in [-0.4, -0.2) is 55.2 Å². The van der Waals surface area contributed by atoms with Crippen LogP contribution in [0.2, 0.25) is 0 Å². The smallest absolute Gasteiger partial charge is 0.748 e. The molecule has 0 fully saturated rings. The predicted molar refractivity (Wildman–Crippen MR) is 47.2 cm³/mol. The van der Waals surface area contributed by atoms with E-state index in [4.69, 9.17) is 0 Å². The monoisotopic (exact) mass is 364 g/mol. The molecule has 9 nitrogen and oxygen atoms in total. The Morgan fingerprint density at radius 1 is 0.737 bits per heavy atom. The Balaban J connectivity index is -0.000000375. The SMILES string of the molecule is CC(CS(=O)(=O)[O-])(CS(=O)(=O)[O-])S(=O)(=O)[O-].[Na+].[Na+].[Na+]. The van der Waals surface area contributed by atoms with Gasteiger partial charge in [0.1, 0.15) is 10.1 Å². The van der Waals surface area contributed by atoms with Crippen molar-refractivity contribution in [3.8, 4) is 0 Å². The third-order valence-corrected chi connectivity index (χ3v) is 5.41. The van der Waals surface area contributed by atoms with Gasteiger partial charge in [-0.1, -0.05) is 0 Å². The zero-order chi connectivity index (χ0) is 13.4. The molecule has 15 heteroatoms. The van der Waals surface area contributed by atoms with Crippen LogP contribution in [0.4, 0.5) is 0 Å². The predicted octanol–water partition coefficient (Wildman–Crippen LogP) is -11.6. The van der Waals surface area contributed by atoms with Crippen molar-refractivity contribution in [3.63, 3.8) is 0 Å². The van der Waals surface area contributed by atoms with E-state index in [1.54, 1.807) is 0 Å². The van der Waals surface area contributed by atoms with Gasteiger partial charge in [0, 0.05) is 0 Å². The van der Waals surface area contributed by atoms with Gasteiger partial charge in [-0.2, -0.15) is 0 Å². The minimum absolute atomic E-state index is 0. The Morgan fingerprint density at radius 3 is 1.05 bits per heavy atom. The van der Waals surface area contributed by atoms with Gasteiger partial charge in [0.25, 0.3) is 0 Å². The largest absolute Gasteiger partial charge is 1.00 e. The molecule has 0 N–H and O–H groups in total. The average molecular weight is 364 g/mol. The Bertz CT molecular complexity index is 528. The van der Waals surface area contributed by atoms with Crippen LogP contribution in [0.1, 0.15) is 6.92 Å². The minimum atomic E-state index is -5.44. The molecule has 0 saturated heterocycles. The maximum absolute atomic E-state index is 10.6. The molecule has 0 amide bonds. The van der Waals surface area contributed by atoms with Crippen molar-refractivity contribution in [3.05, 3.63) is 0 Å². The van der Waals surface area contributed by atoms with Gasteiger partial charge in [0.05, 0.1) is 36.5 Å². The summed E-state index contributed by atoms with van der Waals surface area (Å²) in [6.45, 7) is 0.417. The van der Waals surface area contributed by atoms with E-state index < -0.39 is 46.6 Å². The van der Waals surface area contributed by atoms with Gasteiger partial charge in [-0.3, -0.25) is 0 Å². The summed E-state index contributed by atoms with van der Waals surface area (Å²) in [5, 5.41) is 0. The normalized spacial score (nSPS) is 12.6. The summed E-state index contributed by atoms with van der Waals surface area (Å²) in [7, 11) is -15.8. The van der Waals surface area contributed by atoms with Crippen molar-refractivity contribution in [2.75, 3.05) is 11.5 Å². The van der Waals surface area contributed by atoms with Crippen molar-refractivity contribution in [1.82, 2.24) is 0 Å². The van der Waals surface area contributed by atoms with Gasteiger partial charge in [-0.15, -0.1) is 0 Å². The summed E-state index contributed by atoms with van der Waals surface area (Å²) in [4.78, 5) is 0. The van der Waals surface area contributed by atoms with Crippen molar-refractivity contribution in [1.29, 1.82) is 0 Å². The molecule has 0 aromatic heterocycles. The molecule has 0 aliphatic rings. The van der Waals surface area contributed by atoms with E-state index in [9.17, 15) is 38.9 Å². The minimum Gasteiger partial charge on any atom is -0.748 e. The van der Waals surface area contributed by atoms with Crippen LogP contribution in [0, 0.1) is 0 Å². The van der Waals surface area contributed by atoms with Gasteiger partial charge in [0.15, 0.2) is 0 Å². The van der Waals surface area contributed by atoms with Crippen molar-refractivity contribution in [2.45, 2.75) is 11.7 Å². The zero-order valence-corrected chi connectivity index (χ0v) is 19.3. The summed E-state index contributed by atoms with van der Waals surface area (Å²) in [5.74, 6) is -3.54. The maximum Gasteiger partial charge on any atom is 1.00 e. The van der Waals surface area contributed by atoms with E-state index in [0.29, 0.717) is 6.92 Å². The van der Waals surface area contributed by atoms with Crippen LogP contribution < -0.4 is 88.7 Å². The second kappa shape index (κ2) is 9.78. The molecule has 0 aromatic rings. The molecule has 98 valence electrons. The molecule has 0 bridgehead atoms. The van der Waals surface area contributed by atoms with Gasteiger partial charge >= 0.3 is 88.7 Å². The van der Waals surface area contributed by atoms with E-state index in [1.165, 1.54) is 0 Å². The Labute approximate surface area is 178 Å². The molecule has 0 saturated carbocycles. The molecule has 0 spiro atoms. The Morgan fingerprint density at radius 2 is 0.947 bits per heavy atom. The molecule has 0 heterocycles. The first-order chi connectivity index (χ1) is 6.66. The Hall–Kier alpha value is 2.73. The van der Waals surface area contributed by atoms with Crippen molar-refractivity contribution in [2.24, 2.45) is 0 Å². The molecule has 0 aliphatic carbocycles. The second-order valence-electron chi connectivity index (χ2n) is 3.31. The van der Waals surface area contributed by atoms with Crippen LogP contribution in [0.5, 0.6) is 0 Å². The summed E-state index contributed by atoms with van der Waals surface area (Å²) in [5.41, 5.74) is 0. The fraction of sp³-hybridized carbons (Fsp3) is 1.00. The number of hydrogen-bond donors (Lipinski definition) is 0. The molecule has 0 radical (unpaired) electrons. The van der Waals surface area contributed by atoms with Crippen LogP contribution >= 0.6 is 0 Å². The van der Waals surface area contributed by atoms with Crippen LogP contribution in [-0.2, 0) is 30.4 Å². The standard InChI is InChI=1S/C4H10O9S3.3Na/c1-4(16(11,12)13,2-14(5,6)7)3-15(8,9)10;;;/h2-3H2,1H3,(H,5,6,7)(H,8,9,10)(H,11,12,13);;;/q;3*+1/p-3. The fourth-order valence-electron chi connectivity index (χ4n) is 0.934. The third kappa shape index (κ3) is 12.9. The summed E-state index contributed by atoms with van der Waals surface area (Å²) in [6, 6.07) is 0. The topological polar surface area (TPSA) is 172 Å². The maximum atomic E-state index is 10.6. The second-order valence-corrected chi connectivity index (χ2v) is 8.01. The van der Waals surface area contributed by atoms with E-state index in [2.05, 4.69) is 0 Å². The van der Waals surface area contributed by atoms with Crippen molar-refractivity contribution < 1.29 is 128 Å². The van der Waals surface area contributed by atoms with Crippen LogP contribution in [0.3, 0.4) is 0 Å². The molecule has 0 aromatic carbocycles. The first kappa shape index (κ1) is 29.7. The first-order valence-electron chi connectivity index (χ1n) is 3.49. The molecule has 0 aliphatic heterocycles. The quantitative estimate of drug-likeness (QED) is 0.339. The number of rotatable bonds is 5. The zero-order valence-electron chi connectivity index (χ0n) is 10.8.